The van der Waals surface area contributed by atoms with Crippen LogP contribution in [0.15, 0.2) is 53.7 Å². The number of aromatic nitrogens is 3. The average Bonchev–Trinajstić information content (AvgIpc) is 3.07. The summed E-state index contributed by atoms with van der Waals surface area (Å²) < 4.78 is 2.00. The fraction of sp³-hybridized carbons (Fsp3) is 0.211. The molecule has 3 rings (SSSR count). The van der Waals surface area contributed by atoms with E-state index in [9.17, 15) is 4.79 Å². The molecule has 0 spiro atoms. The number of nitrogens with one attached hydrogen (secondary N) is 1. The summed E-state index contributed by atoms with van der Waals surface area (Å²) in [6.07, 6.45) is 0. The van der Waals surface area contributed by atoms with Gasteiger partial charge in [0.25, 0.3) is 0 Å². The number of benzene rings is 2. The second-order valence-electron chi connectivity index (χ2n) is 5.79. The van der Waals surface area contributed by atoms with Crippen molar-refractivity contribution in [1.82, 2.24) is 14.8 Å². The lowest BCUT2D eigenvalue weighted by molar-refractivity contribution is -0.115. The van der Waals surface area contributed by atoms with Crippen LogP contribution < -0.4 is 5.32 Å². The molecule has 1 N–H and O–H groups in total. The third-order valence-corrected chi connectivity index (χ3v) is 5.53. The largest absolute Gasteiger partial charge is 0.324 e. The highest BCUT2D eigenvalue weighted by Crippen LogP contribution is 2.29. The lowest BCUT2D eigenvalue weighted by Crippen LogP contribution is -2.23. The minimum Gasteiger partial charge on any atom is -0.324 e. The highest BCUT2D eigenvalue weighted by molar-refractivity contribution is 8.00. The van der Waals surface area contributed by atoms with Crippen LogP contribution in [0.2, 0.25) is 10.0 Å². The molecule has 1 amide bonds. The summed E-state index contributed by atoms with van der Waals surface area (Å²) in [5, 5.41) is 12.6. The number of thioether (sulfide) groups is 1. The van der Waals surface area contributed by atoms with Crippen molar-refractivity contribution in [3.63, 3.8) is 0 Å². The Morgan fingerprint density at radius 2 is 1.93 bits per heavy atom. The smallest absolute Gasteiger partial charge is 0.237 e. The second-order valence-corrected chi connectivity index (χ2v) is 7.94. The Labute approximate surface area is 172 Å². The van der Waals surface area contributed by atoms with Gasteiger partial charge in [-0.25, -0.2) is 0 Å². The minimum atomic E-state index is -0.380. The van der Waals surface area contributed by atoms with Crippen molar-refractivity contribution < 1.29 is 4.79 Å². The van der Waals surface area contributed by atoms with Crippen molar-refractivity contribution >= 4 is 46.6 Å². The van der Waals surface area contributed by atoms with Crippen LogP contribution in [0.25, 0.3) is 11.4 Å². The highest BCUT2D eigenvalue weighted by Gasteiger charge is 2.21. The number of carbonyl (C=O) groups excluding carboxylic acids is 1. The molecule has 0 bridgehead atoms. The number of carbonyl (C=O) groups is 1. The molecule has 0 saturated heterocycles. The molecule has 0 unspecified atom stereocenters. The Hall–Kier alpha value is -2.02. The zero-order valence-corrected chi connectivity index (χ0v) is 17.1. The lowest BCUT2D eigenvalue weighted by atomic mass is 10.2. The van der Waals surface area contributed by atoms with E-state index in [1.54, 1.807) is 18.2 Å². The van der Waals surface area contributed by atoms with Crippen LogP contribution in [0.5, 0.6) is 0 Å². The zero-order chi connectivity index (χ0) is 19.4. The van der Waals surface area contributed by atoms with Crippen molar-refractivity contribution in [2.24, 2.45) is 0 Å². The molecule has 27 heavy (non-hydrogen) atoms. The zero-order valence-electron chi connectivity index (χ0n) is 14.8. The van der Waals surface area contributed by atoms with Gasteiger partial charge in [0, 0.05) is 17.1 Å². The van der Waals surface area contributed by atoms with Crippen LogP contribution in [0.3, 0.4) is 0 Å². The Kier molecular flexibility index (Phi) is 6.42. The van der Waals surface area contributed by atoms with Crippen molar-refractivity contribution in [3.8, 4) is 11.4 Å². The maximum absolute atomic E-state index is 12.5. The molecule has 0 radical (unpaired) electrons. The first-order valence-electron chi connectivity index (χ1n) is 8.40. The molecule has 0 aliphatic carbocycles. The molecule has 8 heteroatoms. The van der Waals surface area contributed by atoms with E-state index in [0.717, 1.165) is 11.4 Å². The van der Waals surface area contributed by atoms with Crippen LogP contribution in [0.1, 0.15) is 13.8 Å². The van der Waals surface area contributed by atoms with Crippen molar-refractivity contribution in [2.75, 3.05) is 5.32 Å². The number of amides is 1. The van der Waals surface area contributed by atoms with Gasteiger partial charge in [-0.2, -0.15) is 0 Å². The molecule has 1 aromatic heterocycles. The van der Waals surface area contributed by atoms with Gasteiger partial charge in [0.15, 0.2) is 11.0 Å². The number of hydrogen-bond acceptors (Lipinski definition) is 4. The summed E-state index contributed by atoms with van der Waals surface area (Å²) in [5.74, 6) is 0.616. The molecule has 0 saturated carbocycles. The molecule has 0 fully saturated rings. The summed E-state index contributed by atoms with van der Waals surface area (Å²) in [5.41, 5.74) is 1.52. The molecule has 1 atom stereocenters. The average molecular weight is 421 g/mol. The maximum atomic E-state index is 12.5. The first-order chi connectivity index (χ1) is 13.0. The molecular formula is C19H18Cl2N4OS. The summed E-state index contributed by atoms with van der Waals surface area (Å²) in [7, 11) is 0. The minimum absolute atomic E-state index is 0.170. The number of nitrogens with zero attached hydrogens (tertiary/aromatic N) is 3. The van der Waals surface area contributed by atoms with Crippen LogP contribution in [-0.4, -0.2) is 25.9 Å². The van der Waals surface area contributed by atoms with E-state index < -0.39 is 0 Å². The second kappa shape index (κ2) is 8.78. The van der Waals surface area contributed by atoms with E-state index in [1.807, 2.05) is 48.7 Å². The van der Waals surface area contributed by atoms with E-state index >= 15 is 0 Å². The fourth-order valence-electron chi connectivity index (χ4n) is 2.50. The summed E-state index contributed by atoms with van der Waals surface area (Å²) in [6, 6.07) is 14.8. The normalized spacial score (nSPS) is 12.0. The van der Waals surface area contributed by atoms with Crippen LogP contribution in [0, 0.1) is 0 Å². The topological polar surface area (TPSA) is 59.8 Å². The first-order valence-corrected chi connectivity index (χ1v) is 10.0. The van der Waals surface area contributed by atoms with Crippen molar-refractivity contribution in [3.05, 3.63) is 58.6 Å². The SMILES string of the molecule is CCn1c(S[C@H](C)C(=O)Nc2ccc(Cl)cc2Cl)nnc1-c1ccccc1. The molecule has 0 aliphatic heterocycles. The van der Waals surface area contributed by atoms with E-state index in [-0.39, 0.29) is 11.2 Å². The van der Waals surface area contributed by atoms with Crippen LogP contribution in [-0.2, 0) is 11.3 Å². The van der Waals surface area contributed by atoms with Crippen molar-refractivity contribution in [2.45, 2.75) is 30.8 Å². The molecule has 5 nitrogen and oxygen atoms in total. The quantitative estimate of drug-likeness (QED) is 0.542. The van der Waals surface area contributed by atoms with Gasteiger partial charge in [-0.15, -0.1) is 10.2 Å². The van der Waals surface area contributed by atoms with E-state index in [0.29, 0.717) is 27.4 Å². The first kappa shape index (κ1) is 19.7. The third-order valence-electron chi connectivity index (χ3n) is 3.91. The Bertz CT molecular complexity index is 946. The molecule has 140 valence electrons. The standard InChI is InChI=1S/C19H18Cl2N4OS/c1-3-25-17(13-7-5-4-6-8-13)23-24-19(25)27-12(2)18(26)22-16-10-9-14(20)11-15(16)21/h4-12H,3H2,1-2H3,(H,22,26)/t12-/m1/s1. The summed E-state index contributed by atoms with van der Waals surface area (Å²) >= 11 is 13.4. The van der Waals surface area contributed by atoms with Gasteiger partial charge >= 0.3 is 0 Å². The number of hydrogen-bond donors (Lipinski definition) is 1. The molecule has 0 aliphatic rings. The van der Waals surface area contributed by atoms with E-state index in [1.165, 1.54) is 11.8 Å². The van der Waals surface area contributed by atoms with Crippen molar-refractivity contribution in [1.29, 1.82) is 0 Å². The monoisotopic (exact) mass is 420 g/mol. The Morgan fingerprint density at radius 3 is 2.59 bits per heavy atom. The maximum Gasteiger partial charge on any atom is 0.237 e. The van der Waals surface area contributed by atoms with Gasteiger partial charge in [0.05, 0.1) is 16.0 Å². The number of anilines is 1. The highest BCUT2D eigenvalue weighted by atomic mass is 35.5. The van der Waals surface area contributed by atoms with Gasteiger partial charge in [-0.05, 0) is 32.0 Å². The van der Waals surface area contributed by atoms with Gasteiger partial charge in [-0.3, -0.25) is 4.79 Å². The molecule has 2 aromatic carbocycles. The van der Waals surface area contributed by atoms with Crippen LogP contribution in [0.4, 0.5) is 5.69 Å². The predicted molar refractivity (Wildman–Crippen MR) is 112 cm³/mol. The third kappa shape index (κ3) is 4.64. The van der Waals surface area contributed by atoms with Gasteiger partial charge in [0.2, 0.25) is 5.91 Å². The van der Waals surface area contributed by atoms with E-state index in [2.05, 4.69) is 15.5 Å². The predicted octanol–water partition coefficient (Wildman–Crippen LogP) is 5.39. The number of halogens is 2. The molecule has 3 aromatic rings. The molecular weight excluding hydrogens is 403 g/mol. The molecule has 1 heterocycles. The number of rotatable bonds is 6. The lowest BCUT2D eigenvalue weighted by Gasteiger charge is -2.13. The Balaban J connectivity index is 1.75. The van der Waals surface area contributed by atoms with Gasteiger partial charge < -0.3 is 9.88 Å². The van der Waals surface area contributed by atoms with Gasteiger partial charge in [-0.1, -0.05) is 65.3 Å². The van der Waals surface area contributed by atoms with Gasteiger partial charge in [0.1, 0.15) is 0 Å². The Morgan fingerprint density at radius 1 is 1.19 bits per heavy atom. The summed E-state index contributed by atoms with van der Waals surface area (Å²) in [6.45, 7) is 4.55. The van der Waals surface area contributed by atoms with E-state index in [4.69, 9.17) is 23.2 Å². The van der Waals surface area contributed by atoms with Crippen LogP contribution >= 0.6 is 35.0 Å². The summed E-state index contributed by atoms with van der Waals surface area (Å²) in [4.78, 5) is 12.5. The fourth-order valence-corrected chi connectivity index (χ4v) is 3.87.